The summed E-state index contributed by atoms with van der Waals surface area (Å²) in [4.78, 5) is 25.2. The molecule has 1 aliphatic heterocycles. The van der Waals surface area contributed by atoms with E-state index in [9.17, 15) is 31.2 Å². The molecule has 0 N–H and O–H groups in total. The number of rotatable bonds is 5. The van der Waals surface area contributed by atoms with Gasteiger partial charge in [0.05, 0.1) is 5.56 Å². The maximum Gasteiger partial charge on any atom is 0.406 e. The third-order valence-electron chi connectivity index (χ3n) is 4.66. The molecule has 0 spiro atoms. The molecule has 2 amide bonds. The lowest BCUT2D eigenvalue weighted by Gasteiger charge is -2.31. The minimum absolute atomic E-state index is 0.0376. The maximum atomic E-state index is 12.9. The molecular formula is C16H17F3N2O4S. The van der Waals surface area contributed by atoms with Crippen molar-refractivity contribution in [3.8, 4) is 0 Å². The van der Waals surface area contributed by atoms with Gasteiger partial charge in [0.2, 0.25) is 5.91 Å². The number of amides is 2. The van der Waals surface area contributed by atoms with Gasteiger partial charge in [0, 0.05) is 6.04 Å². The van der Waals surface area contributed by atoms with Crippen LogP contribution in [0.3, 0.4) is 0 Å². The first kappa shape index (κ1) is 18.7. The zero-order valence-electron chi connectivity index (χ0n) is 13.9. The maximum absolute atomic E-state index is 12.9. The van der Waals surface area contributed by atoms with Crippen LogP contribution in [0.25, 0.3) is 0 Å². The molecule has 1 saturated carbocycles. The number of hydrogen-bond donors (Lipinski definition) is 0. The van der Waals surface area contributed by atoms with Gasteiger partial charge in [-0.2, -0.15) is 13.2 Å². The lowest BCUT2D eigenvalue weighted by molar-refractivity contribution is -0.165. The van der Waals surface area contributed by atoms with Crippen molar-refractivity contribution in [3.05, 3.63) is 29.8 Å². The van der Waals surface area contributed by atoms with Gasteiger partial charge in [0.15, 0.2) is 0 Å². The fourth-order valence-electron chi connectivity index (χ4n) is 3.09. The summed E-state index contributed by atoms with van der Waals surface area (Å²) in [5.41, 5.74) is -0.0853. The molecular weight excluding hydrogens is 373 g/mol. The second-order valence-electron chi connectivity index (χ2n) is 6.53. The number of benzene rings is 1. The van der Waals surface area contributed by atoms with E-state index in [2.05, 4.69) is 0 Å². The number of halogens is 3. The lowest BCUT2D eigenvalue weighted by Crippen LogP contribution is -2.50. The highest BCUT2D eigenvalue weighted by molar-refractivity contribution is 7.90. The van der Waals surface area contributed by atoms with Gasteiger partial charge >= 0.3 is 6.18 Å². The molecule has 1 heterocycles. The molecule has 0 saturated heterocycles. The normalized spacial score (nSPS) is 20.0. The van der Waals surface area contributed by atoms with E-state index < -0.39 is 47.1 Å². The highest BCUT2D eigenvalue weighted by atomic mass is 32.2. The largest absolute Gasteiger partial charge is 0.406 e. The summed E-state index contributed by atoms with van der Waals surface area (Å²) in [6.07, 6.45) is -3.18. The Balaban J connectivity index is 1.84. The van der Waals surface area contributed by atoms with E-state index in [1.165, 1.54) is 31.2 Å². The number of carbonyl (C=O) groups is 2. The number of carbonyl (C=O) groups excluding carboxylic acids is 2. The summed E-state index contributed by atoms with van der Waals surface area (Å²) in [5.74, 6) is -1.98. The molecule has 1 unspecified atom stereocenters. The van der Waals surface area contributed by atoms with E-state index in [1.54, 1.807) is 0 Å². The quantitative estimate of drug-likeness (QED) is 0.771. The van der Waals surface area contributed by atoms with Crippen molar-refractivity contribution in [1.29, 1.82) is 0 Å². The van der Waals surface area contributed by atoms with Crippen LogP contribution in [0.15, 0.2) is 29.2 Å². The summed E-state index contributed by atoms with van der Waals surface area (Å²) in [6.45, 7) is -0.905. The number of alkyl halides is 3. The number of nitrogens with zero attached hydrogens (tertiary/aromatic N) is 2. The summed E-state index contributed by atoms with van der Waals surface area (Å²) >= 11 is 0. The molecule has 0 aromatic heterocycles. The molecule has 142 valence electrons. The topological polar surface area (TPSA) is 74.8 Å². The van der Waals surface area contributed by atoms with Crippen LogP contribution in [-0.2, 0) is 14.8 Å². The summed E-state index contributed by atoms with van der Waals surface area (Å²) in [5, 5.41) is 0. The molecule has 1 aliphatic carbocycles. The van der Waals surface area contributed by atoms with Gasteiger partial charge in [-0.1, -0.05) is 12.1 Å². The molecule has 26 heavy (non-hydrogen) atoms. The fraction of sp³-hybridized carbons (Fsp3) is 0.500. The molecule has 1 atom stereocenters. The summed E-state index contributed by atoms with van der Waals surface area (Å²) in [7, 11) is -4.24. The zero-order valence-corrected chi connectivity index (χ0v) is 14.7. The third-order valence-corrected chi connectivity index (χ3v) is 6.44. The Bertz CT molecular complexity index is 849. The second-order valence-corrected chi connectivity index (χ2v) is 8.36. The van der Waals surface area contributed by atoms with E-state index in [0.717, 1.165) is 12.8 Å². The molecule has 2 aliphatic rings. The van der Waals surface area contributed by atoms with Gasteiger partial charge in [0.25, 0.3) is 15.9 Å². The van der Waals surface area contributed by atoms with Crippen LogP contribution in [0, 0.1) is 5.92 Å². The van der Waals surface area contributed by atoms with Crippen molar-refractivity contribution in [2.24, 2.45) is 5.92 Å². The zero-order chi connectivity index (χ0) is 19.3. The van der Waals surface area contributed by atoms with Gasteiger partial charge in [-0.15, -0.1) is 0 Å². The first-order valence-electron chi connectivity index (χ1n) is 8.04. The minimum Gasteiger partial charge on any atom is -0.329 e. The van der Waals surface area contributed by atoms with E-state index in [1.807, 2.05) is 0 Å². The lowest BCUT2D eigenvalue weighted by atomic mass is 10.1. The Morgan fingerprint density at radius 2 is 1.92 bits per heavy atom. The first-order chi connectivity index (χ1) is 12.0. The smallest absolute Gasteiger partial charge is 0.329 e. The van der Waals surface area contributed by atoms with Crippen LogP contribution in [0.5, 0.6) is 0 Å². The fourth-order valence-corrected chi connectivity index (χ4v) is 4.60. The van der Waals surface area contributed by atoms with Crippen molar-refractivity contribution in [2.75, 3.05) is 13.1 Å². The van der Waals surface area contributed by atoms with Crippen LogP contribution in [0.1, 0.15) is 30.1 Å². The predicted octanol–water partition coefficient (Wildman–Crippen LogP) is 2.02. The van der Waals surface area contributed by atoms with Crippen molar-refractivity contribution in [2.45, 2.75) is 36.9 Å². The molecule has 3 rings (SSSR count). The first-order valence-corrected chi connectivity index (χ1v) is 9.48. The average Bonchev–Trinajstić information content (AvgIpc) is 3.37. The Morgan fingerprint density at radius 1 is 1.31 bits per heavy atom. The predicted molar refractivity (Wildman–Crippen MR) is 84.6 cm³/mol. The second kappa shape index (κ2) is 6.26. The molecule has 1 aromatic carbocycles. The number of fused-ring (bicyclic) bond motifs is 1. The highest BCUT2D eigenvalue weighted by Gasteiger charge is 2.45. The van der Waals surface area contributed by atoms with Crippen LogP contribution >= 0.6 is 0 Å². The monoisotopic (exact) mass is 390 g/mol. The van der Waals surface area contributed by atoms with Crippen molar-refractivity contribution < 1.29 is 31.2 Å². The van der Waals surface area contributed by atoms with Crippen molar-refractivity contribution in [3.63, 3.8) is 0 Å². The molecule has 10 heteroatoms. The number of sulfonamides is 1. The van der Waals surface area contributed by atoms with Crippen LogP contribution in [-0.4, -0.2) is 54.7 Å². The SMILES string of the molecule is CC(C1CC1)N(CC(F)(F)F)C(=O)CN1C(=O)c2ccccc2S1(=O)=O. The molecule has 6 nitrogen and oxygen atoms in total. The molecule has 0 bridgehead atoms. The van der Waals surface area contributed by atoms with Gasteiger partial charge in [-0.3, -0.25) is 9.59 Å². The Morgan fingerprint density at radius 3 is 2.46 bits per heavy atom. The molecule has 1 fully saturated rings. The van der Waals surface area contributed by atoms with Crippen LogP contribution < -0.4 is 0 Å². The Hall–Kier alpha value is -2.10. The Labute approximate surface area is 148 Å². The number of hydrogen-bond acceptors (Lipinski definition) is 4. The van der Waals surface area contributed by atoms with E-state index in [-0.39, 0.29) is 16.4 Å². The van der Waals surface area contributed by atoms with Gasteiger partial charge in [0.1, 0.15) is 18.0 Å². The Kier molecular flexibility index (Phi) is 4.50. The van der Waals surface area contributed by atoms with E-state index in [0.29, 0.717) is 9.21 Å². The van der Waals surface area contributed by atoms with Crippen molar-refractivity contribution >= 4 is 21.8 Å². The van der Waals surface area contributed by atoms with Gasteiger partial charge < -0.3 is 4.90 Å². The third kappa shape index (κ3) is 3.42. The average molecular weight is 390 g/mol. The van der Waals surface area contributed by atoms with Crippen LogP contribution in [0.2, 0.25) is 0 Å². The summed E-state index contributed by atoms with van der Waals surface area (Å²) in [6, 6.07) is 4.77. The van der Waals surface area contributed by atoms with Crippen LogP contribution in [0.4, 0.5) is 13.2 Å². The van der Waals surface area contributed by atoms with E-state index in [4.69, 9.17) is 0 Å². The van der Waals surface area contributed by atoms with Crippen molar-refractivity contribution in [1.82, 2.24) is 9.21 Å². The molecule has 1 aromatic rings. The van der Waals surface area contributed by atoms with Gasteiger partial charge in [-0.05, 0) is 37.8 Å². The standard InChI is InChI=1S/C16H17F3N2O4S/c1-10(11-6-7-11)20(9-16(17,18)19)14(22)8-21-15(23)12-4-2-3-5-13(12)26(21,24)25/h2-5,10-11H,6-9H2,1H3. The highest BCUT2D eigenvalue weighted by Crippen LogP contribution is 2.37. The summed E-state index contributed by atoms with van der Waals surface area (Å²) < 4.78 is 63.9. The van der Waals surface area contributed by atoms with E-state index >= 15 is 0 Å². The van der Waals surface area contributed by atoms with Gasteiger partial charge in [-0.25, -0.2) is 12.7 Å². The minimum atomic E-state index is -4.62. The molecule has 0 radical (unpaired) electrons.